The lowest BCUT2D eigenvalue weighted by atomic mass is 10.0. The Bertz CT molecular complexity index is 317. The van der Waals surface area contributed by atoms with Crippen LogP contribution in [-0.2, 0) is 4.74 Å². The van der Waals surface area contributed by atoms with Gasteiger partial charge in [-0.15, -0.1) is 0 Å². The van der Waals surface area contributed by atoms with Crippen molar-refractivity contribution in [1.29, 1.82) is 0 Å². The Morgan fingerprint density at radius 1 is 1.33 bits per heavy atom. The number of rotatable bonds is 7. The van der Waals surface area contributed by atoms with E-state index >= 15 is 0 Å². The van der Waals surface area contributed by atoms with E-state index in [-0.39, 0.29) is 5.54 Å². The predicted molar refractivity (Wildman–Crippen MR) is 93.4 cm³/mol. The van der Waals surface area contributed by atoms with Crippen LogP contribution in [0.3, 0.4) is 0 Å². The van der Waals surface area contributed by atoms with Crippen molar-refractivity contribution < 1.29 is 4.74 Å². The molecule has 0 bridgehead atoms. The van der Waals surface area contributed by atoms with Crippen LogP contribution in [0.1, 0.15) is 27.7 Å². The van der Waals surface area contributed by atoms with Crippen LogP contribution in [0.2, 0.25) is 0 Å². The second-order valence-electron chi connectivity index (χ2n) is 6.03. The van der Waals surface area contributed by atoms with Gasteiger partial charge in [0.05, 0.1) is 19.8 Å². The molecule has 0 spiro atoms. The molecule has 2 N–H and O–H groups in total. The molecule has 1 rings (SSSR count). The summed E-state index contributed by atoms with van der Waals surface area (Å²) < 4.78 is 5.43. The zero-order chi connectivity index (χ0) is 15.7. The van der Waals surface area contributed by atoms with Crippen LogP contribution < -0.4 is 10.6 Å². The molecule has 124 valence electrons. The smallest absolute Gasteiger partial charge is 0.191 e. The van der Waals surface area contributed by atoms with Crippen molar-refractivity contribution in [3.8, 4) is 0 Å². The number of ether oxygens (including phenoxy) is 1. The predicted octanol–water partition coefficient (Wildman–Crippen LogP) is 1.40. The topological polar surface area (TPSA) is 48.9 Å². The average molecular weight is 317 g/mol. The number of thioether (sulfide) groups is 1. The van der Waals surface area contributed by atoms with Crippen molar-refractivity contribution in [2.75, 3.05) is 52.2 Å². The molecule has 0 aliphatic carbocycles. The quantitative estimate of drug-likeness (QED) is 0.549. The molecular weight excluding hydrogens is 284 g/mol. The molecule has 0 saturated carbocycles. The summed E-state index contributed by atoms with van der Waals surface area (Å²) in [5, 5.41) is 7.33. The normalized spacial score (nSPS) is 19.4. The number of hydrogen-bond donors (Lipinski definition) is 2. The first-order valence-electron chi connectivity index (χ1n) is 7.87. The fraction of sp³-hybridized carbons (Fsp3) is 0.933. The number of nitrogens with zero attached hydrogens (tertiary/aromatic N) is 2. The molecule has 1 unspecified atom stereocenters. The third-order valence-corrected chi connectivity index (χ3v) is 4.77. The first kappa shape index (κ1) is 18.6. The third-order valence-electron chi connectivity index (χ3n) is 3.79. The van der Waals surface area contributed by atoms with Gasteiger partial charge in [-0.2, -0.15) is 11.8 Å². The van der Waals surface area contributed by atoms with Gasteiger partial charge in [-0.05, 0) is 27.0 Å². The van der Waals surface area contributed by atoms with Crippen molar-refractivity contribution >= 4 is 17.7 Å². The van der Waals surface area contributed by atoms with Crippen molar-refractivity contribution in [1.82, 2.24) is 15.5 Å². The monoisotopic (exact) mass is 316 g/mol. The van der Waals surface area contributed by atoms with E-state index in [1.165, 1.54) is 0 Å². The molecule has 1 atom stereocenters. The standard InChI is InChI=1S/C15H32N4OS/c1-6-16-14(17-11-13(2)21-5)18-12-15(3,4)19-7-9-20-10-8-19/h13H,6-12H2,1-5H3,(H2,16,17,18). The van der Waals surface area contributed by atoms with Crippen LogP contribution in [0.25, 0.3) is 0 Å². The zero-order valence-corrected chi connectivity index (χ0v) is 15.1. The van der Waals surface area contributed by atoms with Crippen molar-refractivity contribution in [2.24, 2.45) is 4.99 Å². The lowest BCUT2D eigenvalue weighted by Crippen LogP contribution is -2.52. The van der Waals surface area contributed by atoms with E-state index in [1.807, 2.05) is 11.8 Å². The molecule has 1 aliphatic heterocycles. The number of hydrogen-bond acceptors (Lipinski definition) is 4. The van der Waals surface area contributed by atoms with Crippen molar-refractivity contribution in [3.05, 3.63) is 0 Å². The van der Waals surface area contributed by atoms with E-state index in [0.29, 0.717) is 5.25 Å². The van der Waals surface area contributed by atoms with E-state index in [1.54, 1.807) is 0 Å². The molecule has 5 nitrogen and oxygen atoms in total. The summed E-state index contributed by atoms with van der Waals surface area (Å²) >= 11 is 1.86. The van der Waals surface area contributed by atoms with Crippen LogP contribution >= 0.6 is 11.8 Å². The molecule has 0 aromatic rings. The third kappa shape index (κ3) is 6.89. The summed E-state index contributed by atoms with van der Waals surface area (Å²) in [5.41, 5.74) is 0.0667. The van der Waals surface area contributed by atoms with E-state index in [2.05, 4.69) is 49.5 Å². The Morgan fingerprint density at radius 3 is 2.57 bits per heavy atom. The van der Waals surface area contributed by atoms with E-state index in [0.717, 1.165) is 51.9 Å². The minimum atomic E-state index is 0.0667. The molecule has 0 amide bonds. The maximum Gasteiger partial charge on any atom is 0.191 e. The van der Waals surface area contributed by atoms with Crippen LogP contribution in [0.4, 0.5) is 0 Å². The summed E-state index contributed by atoms with van der Waals surface area (Å²) in [6.07, 6.45) is 2.14. The van der Waals surface area contributed by atoms with Gasteiger partial charge >= 0.3 is 0 Å². The van der Waals surface area contributed by atoms with Crippen LogP contribution in [0.5, 0.6) is 0 Å². The number of guanidine groups is 1. The van der Waals surface area contributed by atoms with E-state index < -0.39 is 0 Å². The average Bonchev–Trinajstić information content (AvgIpc) is 2.50. The highest BCUT2D eigenvalue weighted by molar-refractivity contribution is 7.99. The van der Waals surface area contributed by atoms with Gasteiger partial charge in [0.1, 0.15) is 0 Å². The lowest BCUT2D eigenvalue weighted by Gasteiger charge is -2.39. The van der Waals surface area contributed by atoms with Gasteiger partial charge in [-0.1, -0.05) is 6.92 Å². The van der Waals surface area contributed by atoms with Gasteiger partial charge in [-0.3, -0.25) is 9.89 Å². The Morgan fingerprint density at radius 2 is 2.00 bits per heavy atom. The fourth-order valence-corrected chi connectivity index (χ4v) is 2.46. The SMILES string of the molecule is CCNC(=NCC(C)(C)N1CCOCC1)NCC(C)SC. The van der Waals surface area contributed by atoms with Crippen molar-refractivity contribution in [3.63, 3.8) is 0 Å². The molecule has 0 aromatic carbocycles. The molecule has 0 radical (unpaired) electrons. The van der Waals surface area contributed by atoms with Crippen molar-refractivity contribution in [2.45, 2.75) is 38.5 Å². The number of morpholine rings is 1. The molecular formula is C15H32N4OS. The highest BCUT2D eigenvalue weighted by Crippen LogP contribution is 2.16. The van der Waals surface area contributed by atoms with Gasteiger partial charge in [0.25, 0.3) is 0 Å². The summed E-state index contributed by atoms with van der Waals surface area (Å²) in [6.45, 7) is 15.1. The first-order valence-corrected chi connectivity index (χ1v) is 9.16. The van der Waals surface area contributed by atoms with E-state index in [4.69, 9.17) is 9.73 Å². The molecule has 1 aliphatic rings. The summed E-state index contributed by atoms with van der Waals surface area (Å²) in [4.78, 5) is 7.24. The second kappa shape index (κ2) is 9.54. The number of aliphatic imine (C=N–C) groups is 1. The Balaban J connectivity index is 2.54. The summed E-state index contributed by atoms with van der Waals surface area (Å²) in [5.74, 6) is 0.916. The maximum atomic E-state index is 5.43. The minimum absolute atomic E-state index is 0.0667. The van der Waals surface area contributed by atoms with Gasteiger partial charge < -0.3 is 15.4 Å². The highest BCUT2D eigenvalue weighted by atomic mass is 32.2. The van der Waals surface area contributed by atoms with Crippen LogP contribution in [0.15, 0.2) is 4.99 Å². The Labute approximate surface area is 134 Å². The van der Waals surface area contributed by atoms with Crippen LogP contribution in [0, 0.1) is 0 Å². The lowest BCUT2D eigenvalue weighted by molar-refractivity contribution is -0.00683. The maximum absolute atomic E-state index is 5.43. The van der Waals surface area contributed by atoms with E-state index in [9.17, 15) is 0 Å². The molecule has 21 heavy (non-hydrogen) atoms. The Kier molecular flexibility index (Phi) is 8.44. The van der Waals surface area contributed by atoms with Gasteiger partial charge in [0.15, 0.2) is 5.96 Å². The molecule has 1 fully saturated rings. The molecule has 6 heteroatoms. The second-order valence-corrected chi connectivity index (χ2v) is 7.31. The minimum Gasteiger partial charge on any atom is -0.379 e. The zero-order valence-electron chi connectivity index (χ0n) is 14.2. The largest absolute Gasteiger partial charge is 0.379 e. The van der Waals surface area contributed by atoms with Gasteiger partial charge in [0, 0.05) is 37.0 Å². The highest BCUT2D eigenvalue weighted by Gasteiger charge is 2.28. The summed E-state index contributed by atoms with van der Waals surface area (Å²) in [6, 6.07) is 0. The first-order chi connectivity index (χ1) is 9.99. The Hall–Kier alpha value is -0.460. The fourth-order valence-electron chi connectivity index (χ4n) is 2.21. The van der Waals surface area contributed by atoms with Gasteiger partial charge in [0.2, 0.25) is 0 Å². The molecule has 1 heterocycles. The summed E-state index contributed by atoms with van der Waals surface area (Å²) in [7, 11) is 0. The van der Waals surface area contributed by atoms with Gasteiger partial charge in [-0.25, -0.2) is 0 Å². The molecule has 0 aromatic heterocycles. The molecule has 1 saturated heterocycles. The number of nitrogens with one attached hydrogen (secondary N) is 2. The van der Waals surface area contributed by atoms with Crippen LogP contribution in [-0.4, -0.2) is 73.8 Å².